The molecular weight excluding hydrogens is 349 g/mol. The number of amides is 4. The molecule has 0 aliphatic carbocycles. The first kappa shape index (κ1) is 18.6. The van der Waals surface area contributed by atoms with Crippen molar-refractivity contribution in [2.75, 3.05) is 16.8 Å². The molecular formula is C20H20FN3O3. The van der Waals surface area contributed by atoms with Crippen LogP contribution in [0.25, 0.3) is 0 Å². The summed E-state index contributed by atoms with van der Waals surface area (Å²) in [5, 5.41) is 2.75. The molecule has 0 unspecified atom stereocenters. The van der Waals surface area contributed by atoms with Crippen LogP contribution in [0.5, 0.6) is 0 Å². The third kappa shape index (κ3) is 3.67. The van der Waals surface area contributed by atoms with Gasteiger partial charge in [-0.15, -0.1) is 0 Å². The largest absolute Gasteiger partial charge is 0.332 e. The molecule has 4 amide bonds. The number of carbonyl (C=O) groups excluding carboxylic acids is 3. The molecule has 27 heavy (non-hydrogen) atoms. The van der Waals surface area contributed by atoms with Crippen molar-refractivity contribution in [2.24, 2.45) is 0 Å². The van der Waals surface area contributed by atoms with Crippen LogP contribution >= 0.6 is 0 Å². The molecule has 1 atom stereocenters. The number of halogens is 1. The molecule has 2 aromatic carbocycles. The van der Waals surface area contributed by atoms with Gasteiger partial charge in [0.1, 0.15) is 18.4 Å². The van der Waals surface area contributed by atoms with E-state index in [0.29, 0.717) is 11.4 Å². The van der Waals surface area contributed by atoms with Gasteiger partial charge >= 0.3 is 6.03 Å². The summed E-state index contributed by atoms with van der Waals surface area (Å²) in [6.07, 6.45) is 0.743. The van der Waals surface area contributed by atoms with Crippen LogP contribution < -0.4 is 10.2 Å². The van der Waals surface area contributed by atoms with Crippen LogP contribution in [0, 0.1) is 5.82 Å². The van der Waals surface area contributed by atoms with Crippen LogP contribution in [0.3, 0.4) is 0 Å². The van der Waals surface area contributed by atoms with Gasteiger partial charge in [0.15, 0.2) is 0 Å². The summed E-state index contributed by atoms with van der Waals surface area (Å²) in [4.78, 5) is 39.7. The first-order valence-electron chi connectivity index (χ1n) is 8.70. The van der Waals surface area contributed by atoms with Gasteiger partial charge in [0.05, 0.1) is 0 Å². The highest BCUT2D eigenvalue weighted by Gasteiger charge is 2.44. The van der Waals surface area contributed by atoms with E-state index in [2.05, 4.69) is 5.32 Å². The molecule has 0 radical (unpaired) electrons. The third-order valence-corrected chi connectivity index (χ3v) is 4.53. The van der Waals surface area contributed by atoms with Crippen molar-refractivity contribution in [3.63, 3.8) is 0 Å². The van der Waals surface area contributed by atoms with Gasteiger partial charge in [0, 0.05) is 11.4 Å². The summed E-state index contributed by atoms with van der Waals surface area (Å²) in [6.45, 7) is 3.17. The van der Waals surface area contributed by atoms with Crippen LogP contribution in [0.4, 0.5) is 20.6 Å². The number of urea groups is 1. The molecule has 1 aliphatic heterocycles. The summed E-state index contributed by atoms with van der Waals surface area (Å²) in [7, 11) is 0. The summed E-state index contributed by atoms with van der Waals surface area (Å²) < 4.78 is 13.1. The number of rotatable bonds is 5. The highest BCUT2D eigenvalue weighted by molar-refractivity contribution is 6.16. The van der Waals surface area contributed by atoms with Gasteiger partial charge in [0.25, 0.3) is 5.91 Å². The first-order valence-corrected chi connectivity index (χ1v) is 8.70. The molecule has 1 heterocycles. The number of imide groups is 1. The predicted octanol–water partition coefficient (Wildman–Crippen LogP) is 3.18. The van der Waals surface area contributed by atoms with Crippen molar-refractivity contribution in [2.45, 2.75) is 26.3 Å². The number of nitrogens with zero attached hydrogens (tertiary/aromatic N) is 2. The van der Waals surface area contributed by atoms with Gasteiger partial charge in [-0.3, -0.25) is 19.4 Å². The first-order chi connectivity index (χ1) is 12.9. The number of benzene rings is 2. The summed E-state index contributed by atoms with van der Waals surface area (Å²) in [5.41, 5.74) is 2.03. The van der Waals surface area contributed by atoms with E-state index in [1.807, 2.05) is 19.1 Å². The zero-order chi connectivity index (χ0) is 19.6. The molecule has 3 rings (SSSR count). The van der Waals surface area contributed by atoms with E-state index in [1.165, 1.54) is 29.2 Å². The highest BCUT2D eigenvalue weighted by atomic mass is 19.1. The van der Waals surface area contributed by atoms with Crippen LogP contribution in [0.15, 0.2) is 48.5 Å². The van der Waals surface area contributed by atoms with Crippen molar-refractivity contribution in [3.05, 3.63) is 59.9 Å². The molecule has 0 saturated carbocycles. The number of para-hydroxylation sites is 1. The Bertz CT molecular complexity index is 882. The quantitative estimate of drug-likeness (QED) is 0.823. The lowest BCUT2D eigenvalue weighted by atomic mass is 10.1. The number of anilines is 2. The van der Waals surface area contributed by atoms with Gasteiger partial charge in [0.2, 0.25) is 5.91 Å². The van der Waals surface area contributed by atoms with Crippen LogP contribution in [0.2, 0.25) is 0 Å². The van der Waals surface area contributed by atoms with E-state index in [1.54, 1.807) is 19.1 Å². The zero-order valence-corrected chi connectivity index (χ0v) is 15.1. The van der Waals surface area contributed by atoms with Gasteiger partial charge in [-0.05, 0) is 49.2 Å². The van der Waals surface area contributed by atoms with Crippen molar-refractivity contribution in [1.82, 2.24) is 4.90 Å². The Morgan fingerprint density at radius 1 is 1.11 bits per heavy atom. The maximum atomic E-state index is 13.1. The van der Waals surface area contributed by atoms with Gasteiger partial charge < -0.3 is 5.32 Å². The minimum Gasteiger partial charge on any atom is -0.324 e. The average Bonchev–Trinajstić information content (AvgIpc) is 2.86. The topological polar surface area (TPSA) is 69.7 Å². The lowest BCUT2D eigenvalue weighted by Crippen LogP contribution is -2.39. The lowest BCUT2D eigenvalue weighted by Gasteiger charge is -2.19. The van der Waals surface area contributed by atoms with E-state index in [0.717, 1.165) is 16.9 Å². The zero-order valence-electron chi connectivity index (χ0n) is 15.1. The van der Waals surface area contributed by atoms with Crippen LogP contribution in [-0.4, -0.2) is 35.3 Å². The maximum Gasteiger partial charge on any atom is 0.332 e. The van der Waals surface area contributed by atoms with Crippen LogP contribution in [-0.2, 0) is 16.0 Å². The van der Waals surface area contributed by atoms with Gasteiger partial charge in [-0.1, -0.05) is 25.1 Å². The molecule has 1 fully saturated rings. The Hall–Kier alpha value is -3.22. The van der Waals surface area contributed by atoms with Crippen molar-refractivity contribution >= 4 is 29.2 Å². The van der Waals surface area contributed by atoms with Crippen LogP contribution in [0.1, 0.15) is 19.4 Å². The maximum absolute atomic E-state index is 13.1. The van der Waals surface area contributed by atoms with E-state index >= 15 is 0 Å². The molecule has 140 valence electrons. The normalized spacial score (nSPS) is 16.8. The Kier molecular flexibility index (Phi) is 5.21. The summed E-state index contributed by atoms with van der Waals surface area (Å²) in [6, 6.07) is 11.3. The highest BCUT2D eigenvalue weighted by Crippen LogP contribution is 2.26. The molecule has 7 heteroatoms. The Morgan fingerprint density at radius 2 is 1.78 bits per heavy atom. The van der Waals surface area contributed by atoms with Crippen molar-refractivity contribution in [3.8, 4) is 0 Å². The minimum atomic E-state index is -0.765. The third-order valence-electron chi connectivity index (χ3n) is 4.53. The van der Waals surface area contributed by atoms with Gasteiger partial charge in [-0.25, -0.2) is 9.18 Å². The minimum absolute atomic E-state index is 0.377. The smallest absolute Gasteiger partial charge is 0.324 e. The van der Waals surface area contributed by atoms with Crippen molar-refractivity contribution < 1.29 is 18.8 Å². The number of aryl methyl sites for hydroxylation is 1. The number of hydrogen-bond acceptors (Lipinski definition) is 3. The molecule has 1 aliphatic rings. The van der Waals surface area contributed by atoms with E-state index in [-0.39, 0.29) is 6.54 Å². The second-order valence-electron chi connectivity index (χ2n) is 6.29. The fourth-order valence-electron chi connectivity index (χ4n) is 3.09. The Labute approximate surface area is 156 Å². The Morgan fingerprint density at radius 3 is 2.44 bits per heavy atom. The molecule has 2 aromatic rings. The van der Waals surface area contributed by atoms with E-state index < -0.39 is 29.7 Å². The molecule has 1 N–H and O–H groups in total. The summed E-state index contributed by atoms with van der Waals surface area (Å²) >= 11 is 0. The molecule has 0 spiro atoms. The lowest BCUT2D eigenvalue weighted by molar-refractivity contribution is -0.130. The SMILES string of the molecule is CCc1ccccc1NC(=O)CN1C(=O)[C@H](C)N(c2ccc(F)cc2)C1=O. The Balaban J connectivity index is 1.75. The van der Waals surface area contributed by atoms with Crippen molar-refractivity contribution in [1.29, 1.82) is 0 Å². The molecule has 1 saturated heterocycles. The second-order valence-corrected chi connectivity index (χ2v) is 6.29. The number of nitrogens with one attached hydrogen (secondary N) is 1. The van der Waals surface area contributed by atoms with Gasteiger partial charge in [-0.2, -0.15) is 0 Å². The monoisotopic (exact) mass is 369 g/mol. The summed E-state index contributed by atoms with van der Waals surface area (Å²) in [5.74, 6) is -1.36. The molecule has 0 bridgehead atoms. The van der Waals surface area contributed by atoms with E-state index in [4.69, 9.17) is 0 Å². The number of hydrogen-bond donors (Lipinski definition) is 1. The molecule has 6 nitrogen and oxygen atoms in total. The second kappa shape index (κ2) is 7.57. The molecule has 0 aromatic heterocycles. The fraction of sp³-hybridized carbons (Fsp3) is 0.250. The van der Waals surface area contributed by atoms with E-state index in [9.17, 15) is 18.8 Å². The average molecular weight is 369 g/mol. The standard InChI is InChI=1S/C20H20FN3O3/c1-3-14-6-4-5-7-17(14)22-18(25)12-23-19(26)13(2)24(20(23)27)16-10-8-15(21)9-11-16/h4-11,13H,3,12H2,1-2H3,(H,22,25)/t13-/m0/s1. The number of carbonyl (C=O) groups is 3. The predicted molar refractivity (Wildman–Crippen MR) is 99.9 cm³/mol. The fourth-order valence-corrected chi connectivity index (χ4v) is 3.09.